The molecule has 0 bridgehead atoms. The van der Waals surface area contributed by atoms with Gasteiger partial charge in [0.2, 0.25) is 5.91 Å². The van der Waals surface area contributed by atoms with Gasteiger partial charge in [0, 0.05) is 24.7 Å². The molecule has 1 aliphatic rings. The summed E-state index contributed by atoms with van der Waals surface area (Å²) in [5.41, 5.74) is 3.42. The third-order valence-corrected chi connectivity index (χ3v) is 5.00. The molecule has 5 nitrogen and oxygen atoms in total. The quantitative estimate of drug-likeness (QED) is 0.214. The Kier molecular flexibility index (Phi) is 9.97. The average Bonchev–Trinajstić information content (AvgIpc) is 2.66. The van der Waals surface area contributed by atoms with Crippen LogP contribution in [0.2, 0.25) is 0 Å². The normalized spacial score (nSPS) is 13.8. The molecule has 3 N–H and O–H groups in total. The van der Waals surface area contributed by atoms with Gasteiger partial charge in [-0.25, -0.2) is 4.99 Å². The second-order valence-electron chi connectivity index (χ2n) is 7.34. The molecule has 1 fully saturated rings. The molecule has 0 radical (unpaired) electrons. The summed E-state index contributed by atoms with van der Waals surface area (Å²) in [5, 5.41) is 9.75. The van der Waals surface area contributed by atoms with E-state index in [0.717, 1.165) is 37.5 Å². The van der Waals surface area contributed by atoms with Gasteiger partial charge in [-0.3, -0.25) is 4.79 Å². The fourth-order valence-corrected chi connectivity index (χ4v) is 2.98. The lowest BCUT2D eigenvalue weighted by Gasteiger charge is -2.24. The van der Waals surface area contributed by atoms with E-state index in [1.807, 2.05) is 30.3 Å². The molecule has 2 aromatic rings. The van der Waals surface area contributed by atoms with E-state index in [4.69, 9.17) is 4.99 Å². The first-order valence-electron chi connectivity index (χ1n) is 10.1. The Morgan fingerprint density at radius 2 is 1.69 bits per heavy atom. The number of halogens is 1. The molecule has 3 rings (SSSR count). The van der Waals surface area contributed by atoms with Crippen molar-refractivity contribution in [3.05, 3.63) is 65.7 Å². The van der Waals surface area contributed by atoms with Crippen molar-refractivity contribution in [2.45, 2.75) is 39.2 Å². The number of benzene rings is 2. The Bertz CT molecular complexity index is 773. The molecule has 0 heterocycles. The minimum absolute atomic E-state index is 0. The molecule has 156 valence electrons. The number of hydrogen-bond donors (Lipinski definition) is 3. The van der Waals surface area contributed by atoms with Crippen molar-refractivity contribution in [3.8, 4) is 0 Å². The molecular formula is C23H31IN4O. The minimum atomic E-state index is 0. The number of aryl methyl sites for hydroxylation is 1. The molecular weight excluding hydrogens is 475 g/mol. The van der Waals surface area contributed by atoms with Gasteiger partial charge < -0.3 is 16.0 Å². The minimum Gasteiger partial charge on any atom is -0.356 e. The van der Waals surface area contributed by atoms with Gasteiger partial charge in [-0.2, -0.15) is 0 Å². The fourth-order valence-electron chi connectivity index (χ4n) is 2.98. The largest absolute Gasteiger partial charge is 0.356 e. The van der Waals surface area contributed by atoms with E-state index in [9.17, 15) is 4.79 Å². The van der Waals surface area contributed by atoms with Crippen LogP contribution in [-0.4, -0.2) is 25.0 Å². The van der Waals surface area contributed by atoms with Crippen molar-refractivity contribution < 1.29 is 4.79 Å². The molecule has 0 aliphatic heterocycles. The van der Waals surface area contributed by atoms with Crippen LogP contribution < -0.4 is 16.0 Å². The topological polar surface area (TPSA) is 65.5 Å². The third kappa shape index (κ3) is 8.04. The molecule has 1 saturated carbocycles. The standard InChI is InChI=1S/C23H30N4O.HI/c1-18-11-13-19(14-12-18)17-26-23(27-21-9-3-2-4-10-21)25-16-6-15-24-22(28)20-7-5-8-20;/h2-4,9-14,20H,5-8,15-17H2,1H3,(H,24,28)(H2,25,26,27);1H. The van der Waals surface area contributed by atoms with Crippen LogP contribution in [-0.2, 0) is 11.3 Å². The molecule has 0 atom stereocenters. The number of hydrogen-bond acceptors (Lipinski definition) is 2. The molecule has 0 unspecified atom stereocenters. The Morgan fingerprint density at radius 1 is 1.00 bits per heavy atom. The number of nitrogens with one attached hydrogen (secondary N) is 3. The number of para-hydroxylation sites is 1. The monoisotopic (exact) mass is 506 g/mol. The first-order chi connectivity index (χ1) is 13.7. The fraction of sp³-hybridized carbons (Fsp3) is 0.391. The summed E-state index contributed by atoms with van der Waals surface area (Å²) in [6, 6.07) is 18.4. The van der Waals surface area contributed by atoms with Crippen LogP contribution in [0.5, 0.6) is 0 Å². The van der Waals surface area contributed by atoms with E-state index in [1.54, 1.807) is 0 Å². The number of amides is 1. The van der Waals surface area contributed by atoms with E-state index >= 15 is 0 Å². The van der Waals surface area contributed by atoms with Crippen LogP contribution in [0, 0.1) is 12.8 Å². The van der Waals surface area contributed by atoms with Crippen LogP contribution >= 0.6 is 24.0 Å². The Hall–Kier alpha value is -2.09. The van der Waals surface area contributed by atoms with Crippen molar-refractivity contribution in [1.29, 1.82) is 0 Å². The van der Waals surface area contributed by atoms with Crippen molar-refractivity contribution in [3.63, 3.8) is 0 Å². The van der Waals surface area contributed by atoms with Crippen molar-refractivity contribution >= 4 is 41.5 Å². The lowest BCUT2D eigenvalue weighted by Crippen LogP contribution is -2.37. The van der Waals surface area contributed by atoms with Crippen LogP contribution in [0.25, 0.3) is 0 Å². The second-order valence-corrected chi connectivity index (χ2v) is 7.34. The Balaban J connectivity index is 0.00000300. The second kappa shape index (κ2) is 12.5. The SMILES string of the molecule is Cc1ccc(CN=C(NCCCNC(=O)C2CCC2)Nc2ccccc2)cc1.I. The molecule has 6 heteroatoms. The Labute approximate surface area is 190 Å². The molecule has 2 aromatic carbocycles. The van der Waals surface area contributed by atoms with E-state index in [1.165, 1.54) is 17.5 Å². The average molecular weight is 506 g/mol. The molecule has 0 saturated heterocycles. The summed E-state index contributed by atoms with van der Waals surface area (Å²) >= 11 is 0. The van der Waals surface area contributed by atoms with E-state index in [2.05, 4.69) is 47.1 Å². The van der Waals surface area contributed by atoms with Crippen molar-refractivity contribution in [2.75, 3.05) is 18.4 Å². The van der Waals surface area contributed by atoms with Crippen LogP contribution in [0.3, 0.4) is 0 Å². The van der Waals surface area contributed by atoms with Gasteiger partial charge in [0.15, 0.2) is 5.96 Å². The molecule has 1 aliphatic carbocycles. The first-order valence-corrected chi connectivity index (χ1v) is 10.1. The van der Waals surface area contributed by atoms with Gasteiger partial charge in [-0.1, -0.05) is 54.4 Å². The predicted octanol–water partition coefficient (Wildman–Crippen LogP) is 4.48. The number of anilines is 1. The smallest absolute Gasteiger partial charge is 0.223 e. The van der Waals surface area contributed by atoms with Gasteiger partial charge in [0.05, 0.1) is 6.54 Å². The summed E-state index contributed by atoms with van der Waals surface area (Å²) < 4.78 is 0. The van der Waals surface area contributed by atoms with Crippen LogP contribution in [0.15, 0.2) is 59.6 Å². The highest BCUT2D eigenvalue weighted by Gasteiger charge is 2.24. The highest BCUT2D eigenvalue weighted by molar-refractivity contribution is 14.0. The first kappa shape index (κ1) is 23.2. The third-order valence-electron chi connectivity index (χ3n) is 5.00. The van der Waals surface area contributed by atoms with Gasteiger partial charge in [0.25, 0.3) is 0 Å². The number of carbonyl (C=O) groups is 1. The van der Waals surface area contributed by atoms with Gasteiger partial charge in [-0.05, 0) is 43.9 Å². The van der Waals surface area contributed by atoms with Crippen LogP contribution in [0.4, 0.5) is 5.69 Å². The summed E-state index contributed by atoms with van der Waals surface area (Å²) in [7, 11) is 0. The van der Waals surface area contributed by atoms with Gasteiger partial charge >= 0.3 is 0 Å². The summed E-state index contributed by atoms with van der Waals surface area (Å²) in [5.74, 6) is 1.21. The molecule has 0 aromatic heterocycles. The zero-order valence-electron chi connectivity index (χ0n) is 17.0. The Morgan fingerprint density at radius 3 is 2.34 bits per heavy atom. The number of carbonyl (C=O) groups excluding carboxylic acids is 1. The number of rotatable bonds is 8. The van der Waals surface area contributed by atoms with E-state index in [0.29, 0.717) is 13.1 Å². The highest BCUT2D eigenvalue weighted by atomic mass is 127. The zero-order chi connectivity index (χ0) is 19.6. The number of aliphatic imine (C=N–C) groups is 1. The number of nitrogens with zero attached hydrogens (tertiary/aromatic N) is 1. The van der Waals surface area contributed by atoms with E-state index < -0.39 is 0 Å². The van der Waals surface area contributed by atoms with Gasteiger partial charge in [-0.15, -0.1) is 24.0 Å². The van der Waals surface area contributed by atoms with Gasteiger partial charge in [0.1, 0.15) is 0 Å². The molecule has 0 spiro atoms. The summed E-state index contributed by atoms with van der Waals surface area (Å²) in [4.78, 5) is 16.6. The van der Waals surface area contributed by atoms with Crippen LogP contribution in [0.1, 0.15) is 36.8 Å². The predicted molar refractivity (Wildman–Crippen MR) is 131 cm³/mol. The lowest BCUT2D eigenvalue weighted by molar-refractivity contribution is -0.127. The highest BCUT2D eigenvalue weighted by Crippen LogP contribution is 2.26. The maximum Gasteiger partial charge on any atom is 0.223 e. The lowest BCUT2D eigenvalue weighted by atomic mass is 9.85. The van der Waals surface area contributed by atoms with E-state index in [-0.39, 0.29) is 35.8 Å². The van der Waals surface area contributed by atoms with Crippen molar-refractivity contribution in [2.24, 2.45) is 10.9 Å². The number of guanidine groups is 1. The maximum absolute atomic E-state index is 11.9. The summed E-state index contributed by atoms with van der Waals surface area (Å²) in [6.07, 6.45) is 4.13. The maximum atomic E-state index is 11.9. The molecule has 29 heavy (non-hydrogen) atoms. The van der Waals surface area contributed by atoms with Crippen molar-refractivity contribution in [1.82, 2.24) is 10.6 Å². The zero-order valence-corrected chi connectivity index (χ0v) is 19.3. The molecule has 1 amide bonds. The summed E-state index contributed by atoms with van der Waals surface area (Å²) in [6.45, 7) is 4.14.